The number of amides is 1. The van der Waals surface area contributed by atoms with E-state index in [0.29, 0.717) is 31.9 Å². The maximum atomic E-state index is 13.2. The van der Waals surface area contributed by atoms with Crippen LogP contribution in [0.15, 0.2) is 36.7 Å². The first-order valence-corrected chi connectivity index (χ1v) is 8.18. The van der Waals surface area contributed by atoms with Crippen LogP contribution in [0.3, 0.4) is 0 Å². The van der Waals surface area contributed by atoms with E-state index >= 15 is 0 Å². The molecule has 5 nitrogen and oxygen atoms in total. The summed E-state index contributed by atoms with van der Waals surface area (Å²) in [5, 5.41) is 2.65. The summed E-state index contributed by atoms with van der Waals surface area (Å²) in [5.41, 5.74) is -0.495. The molecular formula is C17H15ClF3N3O2. The number of benzene rings is 1. The Hall–Kier alpha value is -2.32. The molecule has 0 radical (unpaired) electrons. The smallest absolute Gasteiger partial charge is 0.378 e. The third-order valence-electron chi connectivity index (χ3n) is 3.85. The molecule has 0 atom stereocenters. The van der Waals surface area contributed by atoms with E-state index in [1.54, 1.807) is 4.90 Å². The number of nitrogens with zero attached hydrogens (tertiary/aromatic N) is 2. The van der Waals surface area contributed by atoms with Gasteiger partial charge < -0.3 is 15.0 Å². The Labute approximate surface area is 152 Å². The number of hydrogen-bond acceptors (Lipinski definition) is 4. The van der Waals surface area contributed by atoms with Crippen LogP contribution in [-0.4, -0.2) is 42.1 Å². The lowest BCUT2D eigenvalue weighted by atomic mass is 10.1. The molecule has 138 valence electrons. The summed E-state index contributed by atoms with van der Waals surface area (Å²) in [6.07, 6.45) is -1.83. The number of halogens is 4. The number of morpholine rings is 1. The van der Waals surface area contributed by atoms with Gasteiger partial charge in [-0.1, -0.05) is 11.6 Å². The Kier molecular flexibility index (Phi) is 5.33. The second-order valence-corrected chi connectivity index (χ2v) is 6.12. The van der Waals surface area contributed by atoms with Gasteiger partial charge in [0.25, 0.3) is 5.91 Å². The van der Waals surface area contributed by atoms with E-state index in [9.17, 15) is 18.0 Å². The van der Waals surface area contributed by atoms with Crippen LogP contribution in [0.5, 0.6) is 0 Å². The van der Waals surface area contributed by atoms with Crippen molar-refractivity contribution < 1.29 is 22.7 Å². The Bertz CT molecular complexity index is 808. The lowest BCUT2D eigenvalue weighted by molar-refractivity contribution is -0.136. The zero-order chi connectivity index (χ0) is 18.7. The summed E-state index contributed by atoms with van der Waals surface area (Å²) < 4.78 is 44.8. The van der Waals surface area contributed by atoms with Gasteiger partial charge >= 0.3 is 6.18 Å². The summed E-state index contributed by atoms with van der Waals surface area (Å²) >= 11 is 5.68. The fourth-order valence-electron chi connectivity index (χ4n) is 2.59. The molecule has 0 spiro atoms. The van der Waals surface area contributed by atoms with Gasteiger partial charge in [0.1, 0.15) is 0 Å². The minimum absolute atomic E-state index is 0.0164. The number of hydrogen-bond donors (Lipinski definition) is 1. The molecule has 0 bridgehead atoms. The summed E-state index contributed by atoms with van der Waals surface area (Å²) in [6, 6.07) is 4.91. The summed E-state index contributed by atoms with van der Waals surface area (Å²) in [4.78, 5) is 18.1. The van der Waals surface area contributed by atoms with E-state index in [0.717, 1.165) is 6.07 Å². The Morgan fingerprint density at radius 1 is 1.19 bits per heavy atom. The first-order valence-electron chi connectivity index (χ1n) is 7.80. The molecular weight excluding hydrogens is 371 g/mol. The predicted molar refractivity (Wildman–Crippen MR) is 90.7 cm³/mol. The molecule has 1 aliphatic heterocycles. The van der Waals surface area contributed by atoms with Crippen molar-refractivity contribution in [1.82, 2.24) is 9.88 Å². The van der Waals surface area contributed by atoms with Crippen molar-refractivity contribution in [2.75, 3.05) is 31.6 Å². The number of ether oxygens (including phenoxy) is 1. The average molecular weight is 386 g/mol. The minimum Gasteiger partial charge on any atom is -0.378 e. The molecule has 1 saturated heterocycles. The minimum atomic E-state index is -4.57. The molecule has 2 heterocycles. The van der Waals surface area contributed by atoms with Crippen LogP contribution >= 0.6 is 11.6 Å². The Morgan fingerprint density at radius 3 is 2.62 bits per heavy atom. The van der Waals surface area contributed by atoms with Crippen LogP contribution in [0.1, 0.15) is 15.9 Å². The summed E-state index contributed by atoms with van der Waals surface area (Å²) in [5.74, 6) is -0.239. The summed E-state index contributed by atoms with van der Waals surface area (Å²) in [7, 11) is 0. The molecule has 1 aliphatic rings. The van der Waals surface area contributed by atoms with Crippen LogP contribution in [-0.2, 0) is 10.9 Å². The lowest BCUT2D eigenvalue weighted by Gasteiger charge is -2.26. The molecule has 9 heteroatoms. The predicted octanol–water partition coefficient (Wildman–Crippen LogP) is 3.97. The van der Waals surface area contributed by atoms with Gasteiger partial charge in [-0.15, -0.1) is 0 Å². The molecule has 0 aliphatic carbocycles. The molecule has 26 heavy (non-hydrogen) atoms. The molecule has 1 amide bonds. The van der Waals surface area contributed by atoms with Gasteiger partial charge in [0.2, 0.25) is 0 Å². The van der Waals surface area contributed by atoms with Crippen molar-refractivity contribution in [2.45, 2.75) is 6.18 Å². The number of rotatable bonds is 3. The third kappa shape index (κ3) is 4.25. The molecule has 1 aromatic heterocycles. The Balaban J connectivity index is 1.84. The van der Waals surface area contributed by atoms with Gasteiger partial charge in [0, 0.05) is 24.3 Å². The highest BCUT2D eigenvalue weighted by atomic mass is 35.5. The van der Waals surface area contributed by atoms with Crippen molar-refractivity contribution in [1.29, 1.82) is 0 Å². The van der Waals surface area contributed by atoms with Crippen molar-refractivity contribution in [3.63, 3.8) is 0 Å². The van der Waals surface area contributed by atoms with E-state index in [-0.39, 0.29) is 22.3 Å². The molecule has 0 saturated carbocycles. The van der Waals surface area contributed by atoms with Gasteiger partial charge in [0.15, 0.2) is 0 Å². The normalized spacial score (nSPS) is 15.0. The number of carbonyl (C=O) groups excluding carboxylic acids is 1. The van der Waals surface area contributed by atoms with E-state index in [4.69, 9.17) is 16.3 Å². The van der Waals surface area contributed by atoms with E-state index in [1.807, 2.05) is 0 Å². The zero-order valence-corrected chi connectivity index (χ0v) is 14.3. The summed E-state index contributed by atoms with van der Waals surface area (Å²) in [6.45, 7) is 1.84. The van der Waals surface area contributed by atoms with Gasteiger partial charge in [-0.3, -0.25) is 9.78 Å². The average Bonchev–Trinajstić information content (AvgIpc) is 2.63. The van der Waals surface area contributed by atoms with Crippen molar-refractivity contribution in [3.05, 3.63) is 52.8 Å². The highest BCUT2D eigenvalue weighted by Gasteiger charge is 2.34. The standard InChI is InChI=1S/C17H15ClF3N3O2/c18-12-1-2-15(14(8-12)17(19,20)21)23-13-7-11(9-22-10-13)16(25)24-3-5-26-6-4-24/h1-2,7-10,23H,3-6H2. The molecule has 3 rings (SSSR count). The molecule has 0 unspecified atom stereocenters. The molecule has 2 aromatic rings. The van der Waals surface area contributed by atoms with Gasteiger partial charge in [-0.2, -0.15) is 13.2 Å². The van der Waals surface area contributed by atoms with Crippen LogP contribution in [0, 0.1) is 0 Å². The molecule has 1 aromatic carbocycles. The van der Waals surface area contributed by atoms with Crippen LogP contribution in [0.25, 0.3) is 0 Å². The highest BCUT2D eigenvalue weighted by Crippen LogP contribution is 2.37. The number of alkyl halides is 3. The first-order chi connectivity index (χ1) is 12.3. The number of nitrogens with one attached hydrogen (secondary N) is 1. The molecule has 1 N–H and O–H groups in total. The van der Waals surface area contributed by atoms with Gasteiger partial charge in [-0.25, -0.2) is 0 Å². The highest BCUT2D eigenvalue weighted by molar-refractivity contribution is 6.30. The first kappa shape index (κ1) is 18.5. The van der Waals surface area contributed by atoms with Gasteiger partial charge in [-0.05, 0) is 24.3 Å². The quantitative estimate of drug-likeness (QED) is 0.868. The SMILES string of the molecule is O=C(c1cncc(Nc2ccc(Cl)cc2C(F)(F)F)c1)N1CCOCC1. The zero-order valence-electron chi connectivity index (χ0n) is 13.5. The number of pyridine rings is 1. The second-order valence-electron chi connectivity index (χ2n) is 5.68. The van der Waals surface area contributed by atoms with E-state index in [1.165, 1.54) is 30.6 Å². The van der Waals surface area contributed by atoms with Crippen LogP contribution < -0.4 is 5.32 Å². The largest absolute Gasteiger partial charge is 0.418 e. The molecule has 1 fully saturated rings. The number of aromatic nitrogens is 1. The lowest BCUT2D eigenvalue weighted by Crippen LogP contribution is -2.40. The fourth-order valence-corrected chi connectivity index (χ4v) is 2.76. The van der Waals surface area contributed by atoms with E-state index in [2.05, 4.69) is 10.3 Å². The maximum Gasteiger partial charge on any atom is 0.418 e. The van der Waals surface area contributed by atoms with Crippen molar-refractivity contribution in [3.8, 4) is 0 Å². The number of carbonyl (C=O) groups is 1. The van der Waals surface area contributed by atoms with Crippen molar-refractivity contribution in [2.24, 2.45) is 0 Å². The second kappa shape index (κ2) is 7.51. The van der Waals surface area contributed by atoms with Crippen LogP contribution in [0.2, 0.25) is 5.02 Å². The van der Waals surface area contributed by atoms with Gasteiger partial charge in [0.05, 0.1) is 41.9 Å². The Morgan fingerprint density at radius 2 is 1.92 bits per heavy atom. The van der Waals surface area contributed by atoms with E-state index < -0.39 is 11.7 Å². The number of anilines is 2. The van der Waals surface area contributed by atoms with Crippen LogP contribution in [0.4, 0.5) is 24.5 Å². The topological polar surface area (TPSA) is 54.5 Å². The monoisotopic (exact) mass is 385 g/mol. The third-order valence-corrected chi connectivity index (χ3v) is 4.08. The van der Waals surface area contributed by atoms with Crippen molar-refractivity contribution >= 4 is 28.9 Å². The fraction of sp³-hybridized carbons (Fsp3) is 0.294. The maximum absolute atomic E-state index is 13.2.